The monoisotopic (exact) mass is 219 g/mol. The summed E-state index contributed by atoms with van der Waals surface area (Å²) in [5.41, 5.74) is -0.238. The molecule has 4 heteroatoms. The van der Waals surface area contributed by atoms with E-state index in [4.69, 9.17) is 4.11 Å². The second-order valence-electron chi connectivity index (χ2n) is 3.38. The van der Waals surface area contributed by atoms with Crippen LogP contribution in [0.5, 0.6) is 0 Å². The second-order valence-corrected chi connectivity index (χ2v) is 3.38. The van der Waals surface area contributed by atoms with E-state index in [0.29, 0.717) is 12.0 Å². The lowest BCUT2D eigenvalue weighted by atomic mass is 10.3. The van der Waals surface area contributed by atoms with Gasteiger partial charge in [-0.25, -0.2) is 4.68 Å². The van der Waals surface area contributed by atoms with Gasteiger partial charge in [0.25, 0.3) is 5.56 Å². The van der Waals surface area contributed by atoms with Gasteiger partial charge in [-0.15, -0.1) is 0 Å². The van der Waals surface area contributed by atoms with Gasteiger partial charge in [0.15, 0.2) is 6.29 Å². The number of aldehydes is 1. The largest absolute Gasteiger partial charge is 0.298 e. The number of aromatic nitrogens is 2. The number of carbonyl (C=O) groups is 1. The van der Waals surface area contributed by atoms with Gasteiger partial charge < -0.3 is 0 Å². The molecule has 0 radical (unpaired) electrons. The third-order valence-corrected chi connectivity index (χ3v) is 2.45. The molecule has 0 saturated heterocycles. The molecule has 1 aromatic carbocycles. The fourth-order valence-corrected chi connectivity index (χ4v) is 1.56. The Morgan fingerprint density at radius 2 is 2.00 bits per heavy atom. The first-order valence-corrected chi connectivity index (χ1v) is 4.73. The lowest BCUT2D eigenvalue weighted by Gasteiger charge is -2.07. The van der Waals surface area contributed by atoms with Crippen LogP contribution in [0.15, 0.2) is 35.1 Å². The van der Waals surface area contributed by atoms with Crippen molar-refractivity contribution >= 4 is 6.29 Å². The van der Waals surface area contributed by atoms with E-state index in [1.807, 2.05) is 0 Å². The number of nitrogens with zero attached hydrogens (tertiary/aromatic N) is 2. The first-order valence-electron chi connectivity index (χ1n) is 6.23. The van der Waals surface area contributed by atoms with Crippen LogP contribution in [-0.2, 0) is 6.98 Å². The van der Waals surface area contributed by atoms with E-state index in [2.05, 4.69) is 0 Å². The standard InChI is InChI=1S/C12H12N2O2/c1-9-11(8-15)12(16)14(13(9)2)10-6-4-3-5-7-10/h3-8H,1-2H3/i2D3. The average molecular weight is 219 g/mol. The summed E-state index contributed by atoms with van der Waals surface area (Å²) in [6.45, 7) is -1.10. The molecule has 0 fully saturated rings. The number of hydrogen-bond acceptors (Lipinski definition) is 2. The fourth-order valence-electron chi connectivity index (χ4n) is 1.56. The summed E-state index contributed by atoms with van der Waals surface area (Å²) in [6, 6.07) is 8.35. The Kier molecular flexibility index (Phi) is 1.72. The minimum Gasteiger partial charge on any atom is -0.298 e. The summed E-state index contributed by atoms with van der Waals surface area (Å²) < 4.78 is 24.4. The minimum absolute atomic E-state index is 0.129. The molecule has 0 saturated carbocycles. The van der Waals surface area contributed by atoms with E-state index in [1.165, 1.54) is 6.92 Å². The normalized spacial score (nSPS) is 13.9. The molecule has 0 N–H and O–H groups in total. The second kappa shape index (κ2) is 3.81. The van der Waals surface area contributed by atoms with Gasteiger partial charge >= 0.3 is 0 Å². The Morgan fingerprint density at radius 1 is 1.31 bits per heavy atom. The molecule has 0 aliphatic heterocycles. The Bertz CT molecular complexity index is 669. The zero-order valence-electron chi connectivity index (χ0n) is 11.7. The Morgan fingerprint density at radius 3 is 2.56 bits per heavy atom. The molecule has 0 aliphatic carbocycles. The highest BCUT2D eigenvalue weighted by atomic mass is 16.1. The molecular formula is C12H12N2O2. The molecular weight excluding hydrogens is 204 g/mol. The van der Waals surface area contributed by atoms with E-state index in [9.17, 15) is 9.59 Å². The molecule has 1 heterocycles. The van der Waals surface area contributed by atoms with Gasteiger partial charge in [0.05, 0.1) is 5.69 Å². The van der Waals surface area contributed by atoms with Crippen molar-refractivity contribution in [2.75, 3.05) is 0 Å². The van der Waals surface area contributed by atoms with Crippen molar-refractivity contribution in [3.8, 4) is 5.69 Å². The lowest BCUT2D eigenvalue weighted by Crippen LogP contribution is -2.20. The summed E-state index contributed by atoms with van der Waals surface area (Å²) >= 11 is 0. The van der Waals surface area contributed by atoms with Gasteiger partial charge in [-0.05, 0) is 19.1 Å². The summed E-state index contributed by atoms with van der Waals surface area (Å²) in [7, 11) is 0. The first kappa shape index (κ1) is 7.22. The van der Waals surface area contributed by atoms with Crippen LogP contribution in [0.3, 0.4) is 0 Å². The maximum absolute atomic E-state index is 12.1. The van der Waals surface area contributed by atoms with Crippen LogP contribution in [0, 0.1) is 6.92 Å². The van der Waals surface area contributed by atoms with Crippen molar-refractivity contribution < 1.29 is 8.91 Å². The summed E-state index contributed by atoms with van der Waals surface area (Å²) in [4.78, 5) is 23.1. The van der Waals surface area contributed by atoms with Gasteiger partial charge in [-0.3, -0.25) is 14.3 Å². The van der Waals surface area contributed by atoms with Crippen LogP contribution in [0.1, 0.15) is 20.2 Å². The van der Waals surface area contributed by atoms with Crippen molar-refractivity contribution in [2.24, 2.45) is 6.98 Å². The maximum Gasteiger partial charge on any atom is 0.282 e. The number of benzene rings is 1. The molecule has 16 heavy (non-hydrogen) atoms. The highest BCUT2D eigenvalue weighted by molar-refractivity contribution is 5.76. The summed E-state index contributed by atoms with van der Waals surface area (Å²) in [5.74, 6) is 0. The number of carbonyl (C=O) groups excluding carboxylic acids is 1. The van der Waals surface area contributed by atoms with Crippen LogP contribution in [0.25, 0.3) is 5.69 Å². The Labute approximate surface area is 96.9 Å². The van der Waals surface area contributed by atoms with Crippen LogP contribution in [0.2, 0.25) is 0 Å². The minimum atomic E-state index is -2.54. The van der Waals surface area contributed by atoms with Crippen molar-refractivity contribution in [3.05, 3.63) is 51.9 Å². The maximum atomic E-state index is 12.1. The molecule has 0 bridgehead atoms. The van der Waals surface area contributed by atoms with Crippen molar-refractivity contribution in [2.45, 2.75) is 6.92 Å². The molecule has 0 aliphatic rings. The molecule has 82 valence electrons. The molecule has 2 rings (SSSR count). The summed E-state index contributed by atoms with van der Waals surface area (Å²) in [6.07, 6.45) is 0.388. The van der Waals surface area contributed by atoms with E-state index < -0.39 is 12.5 Å². The number of para-hydroxylation sites is 1. The Balaban J connectivity index is 2.88. The van der Waals surface area contributed by atoms with Crippen molar-refractivity contribution in [1.82, 2.24) is 9.36 Å². The van der Waals surface area contributed by atoms with E-state index in [-0.39, 0.29) is 11.3 Å². The molecule has 0 spiro atoms. The van der Waals surface area contributed by atoms with Gasteiger partial charge in [-0.2, -0.15) is 0 Å². The van der Waals surface area contributed by atoms with Crippen LogP contribution in [0.4, 0.5) is 0 Å². The summed E-state index contributed by atoms with van der Waals surface area (Å²) in [5, 5.41) is 0. The van der Waals surface area contributed by atoms with E-state index in [0.717, 1.165) is 9.36 Å². The SMILES string of the molecule is [2H]C([2H])([2H])n1c(C)c(C=O)c(=O)n1-c1ccccc1. The molecule has 0 amide bonds. The van der Waals surface area contributed by atoms with Crippen molar-refractivity contribution in [1.29, 1.82) is 0 Å². The lowest BCUT2D eigenvalue weighted by molar-refractivity contribution is 0.112. The van der Waals surface area contributed by atoms with Crippen LogP contribution >= 0.6 is 0 Å². The highest BCUT2D eigenvalue weighted by Gasteiger charge is 2.14. The molecule has 4 nitrogen and oxygen atoms in total. The average Bonchev–Trinajstić information content (AvgIpc) is 2.61. The highest BCUT2D eigenvalue weighted by Crippen LogP contribution is 2.08. The van der Waals surface area contributed by atoms with E-state index in [1.54, 1.807) is 30.3 Å². The number of hydrogen-bond donors (Lipinski definition) is 0. The molecule has 1 aromatic heterocycles. The van der Waals surface area contributed by atoms with Gasteiger partial charge in [-0.1, -0.05) is 18.2 Å². The van der Waals surface area contributed by atoms with Crippen LogP contribution < -0.4 is 5.56 Å². The molecule has 2 aromatic rings. The van der Waals surface area contributed by atoms with E-state index >= 15 is 0 Å². The predicted octanol–water partition coefficient (Wildman–Crippen LogP) is 1.30. The van der Waals surface area contributed by atoms with Crippen molar-refractivity contribution in [3.63, 3.8) is 0 Å². The quantitative estimate of drug-likeness (QED) is 0.714. The van der Waals surface area contributed by atoms with Gasteiger partial charge in [0, 0.05) is 16.8 Å². The van der Waals surface area contributed by atoms with Gasteiger partial charge in [0.2, 0.25) is 0 Å². The predicted molar refractivity (Wildman–Crippen MR) is 61.1 cm³/mol. The fraction of sp³-hybridized carbons (Fsp3) is 0.167. The number of rotatable bonds is 2. The van der Waals surface area contributed by atoms with Gasteiger partial charge in [0.1, 0.15) is 5.56 Å². The molecule has 0 atom stereocenters. The zero-order chi connectivity index (χ0) is 14.2. The van der Waals surface area contributed by atoms with Crippen LogP contribution in [-0.4, -0.2) is 15.6 Å². The topological polar surface area (TPSA) is 44.0 Å². The first-order chi connectivity index (χ1) is 8.88. The third kappa shape index (κ3) is 1.39. The third-order valence-electron chi connectivity index (χ3n) is 2.45. The molecule has 0 unspecified atom stereocenters. The Hall–Kier alpha value is -2.10. The zero-order valence-corrected chi connectivity index (χ0v) is 8.68. The smallest absolute Gasteiger partial charge is 0.282 e.